The summed E-state index contributed by atoms with van der Waals surface area (Å²) in [7, 11) is 0. The molecular formula is C8H11F3O3. The lowest BCUT2D eigenvalue weighted by Crippen LogP contribution is -2.31. The van der Waals surface area contributed by atoms with Crippen LogP contribution in [-0.4, -0.2) is 23.5 Å². The van der Waals surface area contributed by atoms with E-state index >= 15 is 0 Å². The van der Waals surface area contributed by atoms with Crippen LogP contribution in [0.25, 0.3) is 0 Å². The van der Waals surface area contributed by atoms with Crippen molar-refractivity contribution in [3.8, 4) is 0 Å². The molecular weight excluding hydrogens is 201 g/mol. The van der Waals surface area contributed by atoms with Crippen LogP contribution in [0.15, 0.2) is 0 Å². The van der Waals surface area contributed by atoms with Crippen LogP contribution < -0.4 is 0 Å². The molecule has 0 aromatic rings. The average molecular weight is 212 g/mol. The standard InChI is InChI=1S/C8H11F3O3/c9-8(10,11)14-6-3-1-2-5(4-6)7(12)13/h5-6H,1-4H2,(H,12,13). The van der Waals surface area contributed by atoms with Crippen LogP contribution in [0.2, 0.25) is 0 Å². The third kappa shape index (κ3) is 3.53. The quantitative estimate of drug-likeness (QED) is 0.762. The van der Waals surface area contributed by atoms with Crippen molar-refractivity contribution in [2.45, 2.75) is 38.1 Å². The molecule has 2 unspecified atom stereocenters. The SMILES string of the molecule is O=C(O)C1CCCC(OC(F)(F)F)C1. The normalized spacial score (nSPS) is 28.8. The van der Waals surface area contributed by atoms with Gasteiger partial charge in [-0.25, -0.2) is 0 Å². The summed E-state index contributed by atoms with van der Waals surface area (Å²) in [6.07, 6.45) is -4.52. The maximum atomic E-state index is 11.8. The van der Waals surface area contributed by atoms with Crippen LogP contribution in [0.4, 0.5) is 13.2 Å². The minimum atomic E-state index is -4.66. The van der Waals surface area contributed by atoms with Crippen molar-refractivity contribution >= 4 is 5.97 Å². The Kier molecular flexibility index (Phi) is 3.36. The third-order valence-electron chi connectivity index (χ3n) is 2.28. The Morgan fingerprint density at radius 2 is 2.00 bits per heavy atom. The Labute approximate surface area is 78.9 Å². The molecule has 0 aromatic carbocycles. The zero-order valence-electron chi connectivity index (χ0n) is 7.38. The molecule has 3 nitrogen and oxygen atoms in total. The molecule has 82 valence electrons. The van der Waals surface area contributed by atoms with Crippen LogP contribution in [0, 0.1) is 5.92 Å². The minimum absolute atomic E-state index is 0.0468. The van der Waals surface area contributed by atoms with Crippen LogP contribution in [0.1, 0.15) is 25.7 Å². The summed E-state index contributed by atoms with van der Waals surface area (Å²) in [6, 6.07) is 0. The summed E-state index contributed by atoms with van der Waals surface area (Å²) in [5, 5.41) is 8.62. The van der Waals surface area contributed by atoms with E-state index in [1.807, 2.05) is 0 Å². The number of carboxylic acid groups (broad SMARTS) is 1. The van der Waals surface area contributed by atoms with Crippen molar-refractivity contribution in [1.29, 1.82) is 0 Å². The van der Waals surface area contributed by atoms with Gasteiger partial charge in [0.1, 0.15) is 0 Å². The lowest BCUT2D eigenvalue weighted by molar-refractivity contribution is -0.346. The van der Waals surface area contributed by atoms with Crippen molar-refractivity contribution in [1.82, 2.24) is 0 Å². The highest BCUT2D eigenvalue weighted by molar-refractivity contribution is 5.70. The first-order chi connectivity index (χ1) is 6.38. The molecule has 1 fully saturated rings. The fourth-order valence-corrected chi connectivity index (χ4v) is 1.67. The summed E-state index contributed by atoms with van der Waals surface area (Å²) in [6.45, 7) is 0. The van der Waals surface area contributed by atoms with Crippen molar-refractivity contribution in [3.63, 3.8) is 0 Å². The van der Waals surface area contributed by atoms with Crippen LogP contribution in [0.3, 0.4) is 0 Å². The van der Waals surface area contributed by atoms with Gasteiger partial charge in [0.2, 0.25) is 0 Å². The van der Waals surface area contributed by atoms with Crippen LogP contribution in [-0.2, 0) is 9.53 Å². The van der Waals surface area contributed by atoms with Gasteiger partial charge in [-0.3, -0.25) is 9.53 Å². The van der Waals surface area contributed by atoms with E-state index in [1.54, 1.807) is 0 Å². The predicted octanol–water partition coefficient (Wildman–Crippen LogP) is 2.17. The van der Waals surface area contributed by atoms with Gasteiger partial charge in [-0.15, -0.1) is 13.2 Å². The first-order valence-corrected chi connectivity index (χ1v) is 4.36. The molecule has 6 heteroatoms. The van der Waals surface area contributed by atoms with Gasteiger partial charge in [0, 0.05) is 0 Å². The van der Waals surface area contributed by atoms with Gasteiger partial charge < -0.3 is 5.11 Å². The smallest absolute Gasteiger partial charge is 0.481 e. The maximum Gasteiger partial charge on any atom is 0.522 e. The molecule has 1 aliphatic rings. The number of carbonyl (C=O) groups is 1. The Hall–Kier alpha value is -0.780. The molecule has 1 rings (SSSR count). The van der Waals surface area contributed by atoms with Gasteiger partial charge in [0.25, 0.3) is 0 Å². The van der Waals surface area contributed by atoms with Crippen molar-refractivity contribution in [2.24, 2.45) is 5.92 Å². The fraction of sp³-hybridized carbons (Fsp3) is 0.875. The van der Waals surface area contributed by atoms with Crippen molar-refractivity contribution in [2.75, 3.05) is 0 Å². The molecule has 0 aromatic heterocycles. The number of rotatable bonds is 2. The average Bonchev–Trinajstić information content (AvgIpc) is 2.01. The first kappa shape index (κ1) is 11.3. The second-order valence-corrected chi connectivity index (χ2v) is 3.39. The predicted molar refractivity (Wildman–Crippen MR) is 40.5 cm³/mol. The minimum Gasteiger partial charge on any atom is -0.481 e. The summed E-state index contributed by atoms with van der Waals surface area (Å²) in [5.74, 6) is -1.74. The van der Waals surface area contributed by atoms with E-state index < -0.39 is 24.4 Å². The highest BCUT2D eigenvalue weighted by atomic mass is 19.4. The number of carboxylic acids is 1. The fourth-order valence-electron chi connectivity index (χ4n) is 1.67. The number of halogens is 3. The summed E-state index contributed by atoms with van der Waals surface area (Å²) in [4.78, 5) is 10.5. The van der Waals surface area contributed by atoms with E-state index in [9.17, 15) is 18.0 Å². The molecule has 2 atom stereocenters. The molecule has 0 radical (unpaired) electrons. The van der Waals surface area contributed by atoms with Gasteiger partial charge in [-0.1, -0.05) is 6.42 Å². The van der Waals surface area contributed by atoms with Crippen LogP contribution >= 0.6 is 0 Å². The third-order valence-corrected chi connectivity index (χ3v) is 2.28. The second-order valence-electron chi connectivity index (χ2n) is 3.39. The van der Waals surface area contributed by atoms with E-state index in [2.05, 4.69) is 4.74 Å². The molecule has 0 aliphatic heterocycles. The number of hydrogen-bond acceptors (Lipinski definition) is 2. The lowest BCUT2D eigenvalue weighted by Gasteiger charge is -2.27. The number of ether oxygens (including phenoxy) is 1. The highest BCUT2D eigenvalue weighted by Gasteiger charge is 2.37. The van der Waals surface area contributed by atoms with E-state index in [4.69, 9.17) is 5.11 Å². The zero-order chi connectivity index (χ0) is 10.8. The number of aliphatic carboxylic acids is 1. The lowest BCUT2D eigenvalue weighted by atomic mass is 9.87. The van der Waals surface area contributed by atoms with Crippen LogP contribution in [0.5, 0.6) is 0 Å². The molecule has 0 spiro atoms. The van der Waals surface area contributed by atoms with E-state index in [0.29, 0.717) is 12.8 Å². The topological polar surface area (TPSA) is 46.5 Å². The molecule has 1 N–H and O–H groups in total. The van der Waals surface area contributed by atoms with E-state index in [0.717, 1.165) is 0 Å². The van der Waals surface area contributed by atoms with E-state index in [1.165, 1.54) is 0 Å². The summed E-state index contributed by atoms with van der Waals surface area (Å²) < 4.78 is 39.2. The van der Waals surface area contributed by atoms with Gasteiger partial charge in [0.05, 0.1) is 12.0 Å². The molecule has 1 saturated carbocycles. The molecule has 14 heavy (non-hydrogen) atoms. The zero-order valence-corrected chi connectivity index (χ0v) is 7.38. The van der Waals surface area contributed by atoms with Gasteiger partial charge in [-0.05, 0) is 19.3 Å². The largest absolute Gasteiger partial charge is 0.522 e. The second kappa shape index (κ2) is 4.16. The Balaban J connectivity index is 2.44. The van der Waals surface area contributed by atoms with Crippen molar-refractivity contribution in [3.05, 3.63) is 0 Å². The van der Waals surface area contributed by atoms with Gasteiger partial charge in [0.15, 0.2) is 0 Å². The first-order valence-electron chi connectivity index (χ1n) is 4.36. The maximum absolute atomic E-state index is 11.8. The summed E-state index contributed by atoms with van der Waals surface area (Å²) >= 11 is 0. The van der Waals surface area contributed by atoms with Gasteiger partial charge >= 0.3 is 12.3 Å². The Morgan fingerprint density at radius 1 is 1.36 bits per heavy atom. The number of alkyl halides is 3. The van der Waals surface area contributed by atoms with E-state index in [-0.39, 0.29) is 12.8 Å². The molecule has 0 heterocycles. The Morgan fingerprint density at radius 3 is 2.50 bits per heavy atom. The Bertz CT molecular complexity index is 214. The molecule has 0 saturated heterocycles. The monoisotopic (exact) mass is 212 g/mol. The molecule has 1 aliphatic carbocycles. The van der Waals surface area contributed by atoms with Crippen molar-refractivity contribution < 1.29 is 27.8 Å². The van der Waals surface area contributed by atoms with Gasteiger partial charge in [-0.2, -0.15) is 0 Å². The molecule has 0 amide bonds. The number of hydrogen-bond donors (Lipinski definition) is 1. The highest BCUT2D eigenvalue weighted by Crippen LogP contribution is 2.30. The summed E-state index contributed by atoms with van der Waals surface area (Å²) in [5.41, 5.74) is 0. The molecule has 0 bridgehead atoms.